The Balaban J connectivity index is 0.00000225. The topological polar surface area (TPSA) is 35.6 Å². The first-order valence-electron chi connectivity index (χ1n) is 5.91. The van der Waals surface area contributed by atoms with E-state index in [1.165, 1.54) is 0 Å². The molecule has 0 spiro atoms. The average molecular weight is 250 g/mol. The van der Waals surface area contributed by atoms with Crippen LogP contribution < -0.4 is 5.32 Å². The monoisotopic (exact) mass is 249 g/mol. The largest absolute Gasteiger partial charge is 0.342 e. The van der Waals surface area contributed by atoms with Crippen molar-refractivity contribution in [3.8, 4) is 0 Å². The van der Waals surface area contributed by atoms with Gasteiger partial charge >= 0.3 is 0 Å². The van der Waals surface area contributed by atoms with Gasteiger partial charge in [0.15, 0.2) is 0 Å². The molecule has 0 radical (unpaired) electrons. The highest BCUT2D eigenvalue weighted by molar-refractivity contribution is 5.85. The van der Waals surface area contributed by atoms with Crippen molar-refractivity contribution >= 4 is 18.3 Å². The molecule has 1 saturated heterocycles. The number of amides is 1. The van der Waals surface area contributed by atoms with E-state index in [4.69, 9.17) is 0 Å². The van der Waals surface area contributed by atoms with Crippen molar-refractivity contribution in [2.75, 3.05) is 39.3 Å². The van der Waals surface area contributed by atoms with Gasteiger partial charge in [-0.2, -0.15) is 0 Å². The molecule has 1 N–H and O–H groups in total. The predicted octanol–water partition coefficient (Wildman–Crippen LogP) is 0.570. The van der Waals surface area contributed by atoms with Gasteiger partial charge in [-0.1, -0.05) is 0 Å². The molecular formula is C11H24ClN3O. The predicted molar refractivity (Wildman–Crippen MR) is 69.1 cm³/mol. The molecule has 1 aliphatic heterocycles. The van der Waals surface area contributed by atoms with Crippen LogP contribution in [0.2, 0.25) is 0 Å². The Labute approximate surface area is 105 Å². The molecule has 0 aromatic heterocycles. The Hall–Kier alpha value is -0.320. The maximum atomic E-state index is 11.9. The number of hydrogen-bond donors (Lipinski definition) is 1. The van der Waals surface area contributed by atoms with Crippen molar-refractivity contribution < 1.29 is 4.79 Å². The maximum Gasteiger partial charge on any atom is 0.236 e. The second-order valence-corrected chi connectivity index (χ2v) is 4.09. The van der Waals surface area contributed by atoms with E-state index in [0.717, 1.165) is 32.7 Å². The van der Waals surface area contributed by atoms with Crippen molar-refractivity contribution in [2.45, 2.75) is 26.8 Å². The lowest BCUT2D eigenvalue weighted by atomic mass is 10.2. The molecule has 0 saturated carbocycles. The van der Waals surface area contributed by atoms with Crippen LogP contribution in [0, 0.1) is 0 Å². The summed E-state index contributed by atoms with van der Waals surface area (Å²) in [6.07, 6.45) is 0. The van der Waals surface area contributed by atoms with Crippen LogP contribution in [0.5, 0.6) is 0 Å². The highest BCUT2D eigenvalue weighted by atomic mass is 35.5. The fraction of sp³-hybridized carbons (Fsp3) is 0.909. The Kier molecular flexibility index (Phi) is 7.72. The van der Waals surface area contributed by atoms with Gasteiger partial charge in [0.1, 0.15) is 0 Å². The van der Waals surface area contributed by atoms with Gasteiger partial charge in [-0.15, -0.1) is 12.4 Å². The zero-order valence-electron chi connectivity index (χ0n) is 10.5. The molecule has 16 heavy (non-hydrogen) atoms. The summed E-state index contributed by atoms with van der Waals surface area (Å²) in [6.45, 7) is 11.4. The second kappa shape index (κ2) is 7.87. The molecule has 0 aliphatic carbocycles. The highest BCUT2D eigenvalue weighted by Crippen LogP contribution is 2.03. The Morgan fingerprint density at radius 1 is 1.44 bits per heavy atom. The molecule has 0 bridgehead atoms. The summed E-state index contributed by atoms with van der Waals surface area (Å²) in [4.78, 5) is 16.0. The number of piperazine rings is 1. The highest BCUT2D eigenvalue weighted by Gasteiger charge is 2.21. The first kappa shape index (κ1) is 15.7. The summed E-state index contributed by atoms with van der Waals surface area (Å²) >= 11 is 0. The molecule has 4 nitrogen and oxygen atoms in total. The van der Waals surface area contributed by atoms with Crippen LogP contribution in [0.1, 0.15) is 20.8 Å². The van der Waals surface area contributed by atoms with Gasteiger partial charge in [0.25, 0.3) is 0 Å². The van der Waals surface area contributed by atoms with Gasteiger partial charge < -0.3 is 10.2 Å². The summed E-state index contributed by atoms with van der Waals surface area (Å²) in [5, 5.41) is 3.33. The minimum Gasteiger partial charge on any atom is -0.342 e. The fourth-order valence-electron chi connectivity index (χ4n) is 1.97. The van der Waals surface area contributed by atoms with Crippen LogP contribution in [0.15, 0.2) is 0 Å². The number of hydrogen-bond acceptors (Lipinski definition) is 3. The quantitative estimate of drug-likeness (QED) is 0.792. The van der Waals surface area contributed by atoms with E-state index in [0.29, 0.717) is 12.6 Å². The standard InChI is InChI=1S/C11H23N3O.ClH/c1-4-13(5-2)11(15)9-14-7-6-12-8-10(14)3;/h10,12H,4-9H2,1-3H3;1H/t10-;/m0./s1. The third kappa shape index (κ3) is 4.28. The van der Waals surface area contributed by atoms with E-state index in [1.54, 1.807) is 0 Å². The minimum absolute atomic E-state index is 0. The van der Waals surface area contributed by atoms with Crippen molar-refractivity contribution in [3.05, 3.63) is 0 Å². The molecule has 5 heteroatoms. The lowest BCUT2D eigenvalue weighted by Gasteiger charge is -2.34. The number of rotatable bonds is 4. The van der Waals surface area contributed by atoms with Gasteiger partial charge in [0.2, 0.25) is 5.91 Å². The second-order valence-electron chi connectivity index (χ2n) is 4.09. The van der Waals surface area contributed by atoms with Crippen molar-refractivity contribution in [1.82, 2.24) is 15.1 Å². The zero-order chi connectivity index (χ0) is 11.3. The molecule has 1 atom stereocenters. The third-order valence-electron chi connectivity index (χ3n) is 3.09. The van der Waals surface area contributed by atoms with Gasteiger partial charge in [-0.25, -0.2) is 0 Å². The maximum absolute atomic E-state index is 11.9. The van der Waals surface area contributed by atoms with Gasteiger partial charge in [0, 0.05) is 38.8 Å². The van der Waals surface area contributed by atoms with Crippen LogP contribution >= 0.6 is 12.4 Å². The van der Waals surface area contributed by atoms with E-state index in [1.807, 2.05) is 18.7 Å². The number of nitrogens with zero attached hydrogens (tertiary/aromatic N) is 2. The molecule has 1 heterocycles. The van der Waals surface area contributed by atoms with E-state index in [9.17, 15) is 4.79 Å². The van der Waals surface area contributed by atoms with E-state index in [2.05, 4.69) is 17.1 Å². The number of carbonyl (C=O) groups excluding carboxylic acids is 1. The molecule has 1 fully saturated rings. The van der Waals surface area contributed by atoms with E-state index < -0.39 is 0 Å². The summed E-state index contributed by atoms with van der Waals surface area (Å²) in [5.41, 5.74) is 0. The SMILES string of the molecule is CCN(CC)C(=O)CN1CCNC[C@@H]1C.Cl. The molecular weight excluding hydrogens is 226 g/mol. The van der Waals surface area contributed by atoms with Crippen molar-refractivity contribution in [1.29, 1.82) is 0 Å². The smallest absolute Gasteiger partial charge is 0.236 e. The van der Waals surface area contributed by atoms with Crippen LogP contribution in [-0.4, -0.2) is 61.0 Å². The lowest BCUT2D eigenvalue weighted by Crippen LogP contribution is -2.53. The van der Waals surface area contributed by atoms with E-state index >= 15 is 0 Å². The summed E-state index contributed by atoms with van der Waals surface area (Å²) in [5.74, 6) is 0.258. The molecule has 1 aliphatic rings. The summed E-state index contributed by atoms with van der Waals surface area (Å²) in [6, 6.07) is 0.471. The van der Waals surface area contributed by atoms with Crippen molar-refractivity contribution in [2.24, 2.45) is 0 Å². The van der Waals surface area contributed by atoms with E-state index in [-0.39, 0.29) is 18.3 Å². The molecule has 0 aromatic carbocycles. The first-order chi connectivity index (χ1) is 7.19. The molecule has 0 aromatic rings. The first-order valence-corrected chi connectivity index (χ1v) is 5.91. The van der Waals surface area contributed by atoms with Gasteiger partial charge in [-0.3, -0.25) is 9.69 Å². The van der Waals surface area contributed by atoms with Crippen LogP contribution in [0.3, 0.4) is 0 Å². The van der Waals surface area contributed by atoms with Crippen LogP contribution in [-0.2, 0) is 4.79 Å². The Bertz CT molecular complexity index is 209. The number of halogens is 1. The summed E-state index contributed by atoms with van der Waals surface area (Å²) in [7, 11) is 0. The molecule has 1 amide bonds. The third-order valence-corrected chi connectivity index (χ3v) is 3.09. The van der Waals surface area contributed by atoms with Crippen LogP contribution in [0.25, 0.3) is 0 Å². The fourth-order valence-corrected chi connectivity index (χ4v) is 1.97. The zero-order valence-corrected chi connectivity index (χ0v) is 11.3. The summed E-state index contributed by atoms with van der Waals surface area (Å²) < 4.78 is 0. The molecule has 96 valence electrons. The number of nitrogens with one attached hydrogen (secondary N) is 1. The molecule has 0 unspecified atom stereocenters. The number of likely N-dealkylation sites (N-methyl/N-ethyl adjacent to an activating group) is 1. The van der Waals surface area contributed by atoms with Crippen LogP contribution in [0.4, 0.5) is 0 Å². The Morgan fingerprint density at radius 2 is 2.06 bits per heavy atom. The molecule has 1 rings (SSSR count). The normalized spacial score (nSPS) is 21.3. The lowest BCUT2D eigenvalue weighted by molar-refractivity contribution is -0.132. The Morgan fingerprint density at radius 3 is 2.56 bits per heavy atom. The average Bonchev–Trinajstić information content (AvgIpc) is 2.23. The van der Waals surface area contributed by atoms with Crippen molar-refractivity contribution in [3.63, 3.8) is 0 Å². The van der Waals surface area contributed by atoms with Gasteiger partial charge in [0.05, 0.1) is 6.54 Å². The van der Waals surface area contributed by atoms with Gasteiger partial charge in [-0.05, 0) is 20.8 Å². The minimum atomic E-state index is 0. The number of carbonyl (C=O) groups is 1.